The minimum absolute atomic E-state index is 0.00544. The molecule has 3 heterocycles. The molecule has 2 amide bonds. The highest BCUT2D eigenvalue weighted by Gasteiger charge is 2.27. The SMILES string of the molecule is O=C(Nc1nccs1)C1CCN(C(=O)Cn2cccn2)CC1. The van der Waals surface area contributed by atoms with Crippen molar-refractivity contribution < 1.29 is 9.59 Å². The summed E-state index contributed by atoms with van der Waals surface area (Å²) in [7, 11) is 0. The van der Waals surface area contributed by atoms with Gasteiger partial charge in [0.1, 0.15) is 6.54 Å². The Bertz CT molecular complexity index is 561. The van der Waals surface area contributed by atoms with Crippen LogP contribution in [0.4, 0.5) is 5.13 Å². The van der Waals surface area contributed by atoms with E-state index in [9.17, 15) is 9.59 Å². The van der Waals surface area contributed by atoms with Crippen LogP contribution in [0.25, 0.3) is 0 Å². The predicted molar refractivity (Wildman–Crippen MR) is 82.3 cm³/mol. The molecule has 1 aliphatic rings. The average Bonchev–Trinajstić information content (AvgIpc) is 3.21. The van der Waals surface area contributed by atoms with Crippen LogP contribution in [0.1, 0.15) is 12.8 Å². The first-order valence-corrected chi connectivity index (χ1v) is 8.06. The standard InChI is InChI=1S/C14H17N5O2S/c20-12(10-19-6-1-4-16-19)18-7-2-11(3-8-18)13(21)17-14-15-5-9-22-14/h1,4-6,9,11H,2-3,7-8,10H2,(H,15,17,21). The highest BCUT2D eigenvalue weighted by atomic mass is 32.1. The number of amides is 2. The molecular formula is C14H17N5O2S. The number of likely N-dealkylation sites (tertiary alicyclic amines) is 1. The fourth-order valence-corrected chi connectivity index (χ4v) is 3.05. The molecule has 3 rings (SSSR count). The number of carbonyl (C=O) groups is 2. The molecule has 7 nitrogen and oxygen atoms in total. The second-order valence-electron chi connectivity index (χ2n) is 5.19. The lowest BCUT2D eigenvalue weighted by Crippen LogP contribution is -2.42. The molecule has 0 radical (unpaired) electrons. The smallest absolute Gasteiger partial charge is 0.244 e. The van der Waals surface area contributed by atoms with Crippen molar-refractivity contribution in [1.29, 1.82) is 0 Å². The predicted octanol–water partition coefficient (Wildman–Crippen LogP) is 1.22. The van der Waals surface area contributed by atoms with Crippen LogP contribution in [0.2, 0.25) is 0 Å². The molecule has 1 N–H and O–H groups in total. The summed E-state index contributed by atoms with van der Waals surface area (Å²) in [5, 5.41) is 9.31. The molecule has 0 atom stereocenters. The summed E-state index contributed by atoms with van der Waals surface area (Å²) in [6.45, 7) is 1.47. The first kappa shape index (κ1) is 14.7. The van der Waals surface area contributed by atoms with Crippen molar-refractivity contribution in [3.05, 3.63) is 30.0 Å². The molecule has 0 spiro atoms. The van der Waals surface area contributed by atoms with Gasteiger partial charge in [-0.25, -0.2) is 4.98 Å². The Hall–Kier alpha value is -2.22. The van der Waals surface area contributed by atoms with Crippen LogP contribution < -0.4 is 5.32 Å². The molecule has 0 aromatic carbocycles. The van der Waals surface area contributed by atoms with Gasteiger partial charge in [-0.3, -0.25) is 14.3 Å². The number of anilines is 1. The number of hydrogen-bond donors (Lipinski definition) is 1. The lowest BCUT2D eigenvalue weighted by molar-refractivity contribution is -0.135. The lowest BCUT2D eigenvalue weighted by Gasteiger charge is -2.31. The van der Waals surface area contributed by atoms with Crippen LogP contribution in [0.3, 0.4) is 0 Å². The summed E-state index contributed by atoms with van der Waals surface area (Å²) in [5.74, 6) is -0.0192. The Morgan fingerprint density at radius 1 is 1.32 bits per heavy atom. The maximum atomic E-state index is 12.2. The van der Waals surface area contributed by atoms with E-state index < -0.39 is 0 Å². The van der Waals surface area contributed by atoms with Gasteiger partial charge in [0.15, 0.2) is 5.13 Å². The van der Waals surface area contributed by atoms with E-state index in [0.717, 1.165) is 0 Å². The summed E-state index contributed by atoms with van der Waals surface area (Å²) in [4.78, 5) is 30.1. The summed E-state index contributed by atoms with van der Waals surface area (Å²) in [6.07, 6.45) is 6.45. The average molecular weight is 319 g/mol. The van der Waals surface area contributed by atoms with Gasteiger partial charge in [-0.2, -0.15) is 5.10 Å². The zero-order valence-electron chi connectivity index (χ0n) is 12.0. The second-order valence-corrected chi connectivity index (χ2v) is 6.08. The van der Waals surface area contributed by atoms with E-state index in [0.29, 0.717) is 31.1 Å². The minimum Gasteiger partial charge on any atom is -0.341 e. The van der Waals surface area contributed by atoms with Gasteiger partial charge in [0, 0.05) is 43.0 Å². The van der Waals surface area contributed by atoms with Gasteiger partial charge in [0.05, 0.1) is 0 Å². The van der Waals surface area contributed by atoms with Crippen molar-refractivity contribution >= 4 is 28.3 Å². The maximum absolute atomic E-state index is 12.2. The number of hydrogen-bond acceptors (Lipinski definition) is 5. The van der Waals surface area contributed by atoms with Crippen LogP contribution in [-0.2, 0) is 16.1 Å². The van der Waals surface area contributed by atoms with E-state index in [2.05, 4.69) is 15.4 Å². The van der Waals surface area contributed by atoms with Crippen molar-refractivity contribution in [2.24, 2.45) is 5.92 Å². The van der Waals surface area contributed by atoms with E-state index in [1.54, 1.807) is 34.2 Å². The molecule has 22 heavy (non-hydrogen) atoms. The van der Waals surface area contributed by atoms with Gasteiger partial charge < -0.3 is 10.2 Å². The molecular weight excluding hydrogens is 302 g/mol. The fraction of sp³-hybridized carbons (Fsp3) is 0.429. The molecule has 0 unspecified atom stereocenters. The van der Waals surface area contributed by atoms with Crippen LogP contribution in [0, 0.1) is 5.92 Å². The van der Waals surface area contributed by atoms with Gasteiger partial charge in [-0.15, -0.1) is 11.3 Å². The third-order valence-electron chi connectivity index (χ3n) is 3.74. The number of nitrogens with one attached hydrogen (secondary N) is 1. The molecule has 1 aliphatic heterocycles. The Kier molecular flexibility index (Phi) is 4.47. The number of aromatic nitrogens is 3. The molecule has 116 valence electrons. The highest BCUT2D eigenvalue weighted by Crippen LogP contribution is 2.20. The molecule has 1 fully saturated rings. The molecule has 0 bridgehead atoms. The lowest BCUT2D eigenvalue weighted by atomic mass is 9.96. The third kappa shape index (κ3) is 3.51. The number of carbonyl (C=O) groups excluding carboxylic acids is 2. The molecule has 2 aromatic heterocycles. The van der Waals surface area contributed by atoms with Gasteiger partial charge in [0.2, 0.25) is 11.8 Å². The topological polar surface area (TPSA) is 80.1 Å². The highest BCUT2D eigenvalue weighted by molar-refractivity contribution is 7.13. The van der Waals surface area contributed by atoms with Crippen LogP contribution >= 0.6 is 11.3 Å². The van der Waals surface area contributed by atoms with Gasteiger partial charge in [-0.1, -0.05) is 0 Å². The second kappa shape index (κ2) is 6.69. The Morgan fingerprint density at radius 2 is 2.14 bits per heavy atom. The molecule has 2 aromatic rings. The zero-order valence-corrected chi connectivity index (χ0v) is 12.8. The minimum atomic E-state index is -0.0577. The Labute approximate surface area is 132 Å². The fourth-order valence-electron chi connectivity index (χ4n) is 2.52. The molecule has 1 saturated heterocycles. The largest absolute Gasteiger partial charge is 0.341 e. The van der Waals surface area contributed by atoms with Crippen molar-refractivity contribution in [1.82, 2.24) is 19.7 Å². The maximum Gasteiger partial charge on any atom is 0.244 e. The van der Waals surface area contributed by atoms with E-state index in [4.69, 9.17) is 0 Å². The van der Waals surface area contributed by atoms with Crippen molar-refractivity contribution in [2.75, 3.05) is 18.4 Å². The number of thiazole rings is 1. The van der Waals surface area contributed by atoms with Gasteiger partial charge >= 0.3 is 0 Å². The van der Waals surface area contributed by atoms with E-state index in [1.165, 1.54) is 11.3 Å². The summed E-state index contributed by atoms with van der Waals surface area (Å²) >= 11 is 1.41. The number of piperidine rings is 1. The van der Waals surface area contributed by atoms with Gasteiger partial charge in [0.25, 0.3) is 0 Å². The molecule has 8 heteroatoms. The van der Waals surface area contributed by atoms with Crippen molar-refractivity contribution in [3.8, 4) is 0 Å². The Balaban J connectivity index is 1.47. The van der Waals surface area contributed by atoms with Crippen LogP contribution in [0.15, 0.2) is 30.0 Å². The Morgan fingerprint density at radius 3 is 2.77 bits per heavy atom. The first-order valence-electron chi connectivity index (χ1n) is 7.18. The van der Waals surface area contributed by atoms with Crippen molar-refractivity contribution in [2.45, 2.75) is 19.4 Å². The number of rotatable bonds is 4. The summed E-state index contributed by atoms with van der Waals surface area (Å²) in [5.41, 5.74) is 0. The normalized spacial score (nSPS) is 15.7. The monoisotopic (exact) mass is 319 g/mol. The quantitative estimate of drug-likeness (QED) is 0.919. The van der Waals surface area contributed by atoms with Crippen LogP contribution in [0.5, 0.6) is 0 Å². The summed E-state index contributed by atoms with van der Waals surface area (Å²) in [6, 6.07) is 1.79. The molecule has 0 saturated carbocycles. The summed E-state index contributed by atoms with van der Waals surface area (Å²) < 4.78 is 1.61. The molecule has 0 aliphatic carbocycles. The van der Waals surface area contributed by atoms with Crippen LogP contribution in [-0.4, -0.2) is 44.6 Å². The van der Waals surface area contributed by atoms with Gasteiger partial charge in [-0.05, 0) is 18.9 Å². The van der Waals surface area contributed by atoms with Crippen molar-refractivity contribution in [3.63, 3.8) is 0 Å². The zero-order chi connectivity index (χ0) is 15.4. The van der Waals surface area contributed by atoms with E-state index in [-0.39, 0.29) is 24.3 Å². The van der Waals surface area contributed by atoms with E-state index in [1.807, 2.05) is 5.38 Å². The number of nitrogens with zero attached hydrogens (tertiary/aromatic N) is 4. The van der Waals surface area contributed by atoms with E-state index >= 15 is 0 Å². The third-order valence-corrected chi connectivity index (χ3v) is 4.43. The first-order chi connectivity index (χ1) is 10.7.